The predicted molar refractivity (Wildman–Crippen MR) is 87.5 cm³/mol. The molecule has 2 aliphatic rings. The number of nitrogens with zero attached hydrogens (tertiary/aromatic N) is 2. The molecule has 0 bridgehead atoms. The highest BCUT2D eigenvalue weighted by atomic mass is 16.2. The van der Waals surface area contributed by atoms with Gasteiger partial charge < -0.3 is 10.2 Å². The highest BCUT2D eigenvalue weighted by molar-refractivity contribution is 5.74. The van der Waals surface area contributed by atoms with Gasteiger partial charge in [-0.15, -0.1) is 0 Å². The van der Waals surface area contributed by atoms with Gasteiger partial charge in [-0.3, -0.25) is 4.90 Å². The van der Waals surface area contributed by atoms with Gasteiger partial charge >= 0.3 is 6.03 Å². The number of urea groups is 1. The van der Waals surface area contributed by atoms with Crippen LogP contribution < -0.4 is 5.32 Å². The molecule has 4 nitrogen and oxygen atoms in total. The van der Waals surface area contributed by atoms with Crippen LogP contribution in [-0.4, -0.2) is 55.1 Å². The molecule has 0 saturated carbocycles. The first-order valence-corrected chi connectivity index (χ1v) is 8.72. The van der Waals surface area contributed by atoms with Crippen molar-refractivity contribution in [1.82, 2.24) is 15.1 Å². The van der Waals surface area contributed by atoms with E-state index in [1.54, 1.807) is 5.57 Å². The van der Waals surface area contributed by atoms with Gasteiger partial charge in [-0.05, 0) is 38.5 Å². The molecular weight excluding hydrogens is 262 g/mol. The molecule has 0 aromatic carbocycles. The monoisotopic (exact) mass is 293 g/mol. The maximum Gasteiger partial charge on any atom is 0.317 e. The number of amides is 2. The van der Waals surface area contributed by atoms with Crippen molar-refractivity contribution in [1.29, 1.82) is 0 Å². The van der Waals surface area contributed by atoms with Crippen molar-refractivity contribution in [3.8, 4) is 0 Å². The third kappa shape index (κ3) is 5.70. The van der Waals surface area contributed by atoms with Crippen molar-refractivity contribution >= 4 is 6.03 Å². The molecule has 1 heterocycles. The molecule has 1 N–H and O–H groups in total. The van der Waals surface area contributed by atoms with Crippen LogP contribution in [0.2, 0.25) is 0 Å². The maximum absolute atomic E-state index is 12.0. The molecule has 0 unspecified atom stereocenters. The van der Waals surface area contributed by atoms with Gasteiger partial charge in [0.2, 0.25) is 0 Å². The van der Waals surface area contributed by atoms with Crippen LogP contribution in [0.3, 0.4) is 0 Å². The topological polar surface area (TPSA) is 35.6 Å². The largest absolute Gasteiger partial charge is 0.338 e. The van der Waals surface area contributed by atoms with E-state index in [4.69, 9.17) is 0 Å². The van der Waals surface area contributed by atoms with Crippen LogP contribution in [-0.2, 0) is 0 Å². The molecule has 0 aromatic rings. The van der Waals surface area contributed by atoms with E-state index in [1.165, 1.54) is 32.1 Å². The Kier molecular flexibility index (Phi) is 7.07. The van der Waals surface area contributed by atoms with Crippen molar-refractivity contribution in [2.75, 3.05) is 39.3 Å². The molecule has 0 radical (unpaired) electrons. The Morgan fingerprint density at radius 2 is 2.05 bits per heavy atom. The van der Waals surface area contributed by atoms with E-state index in [0.29, 0.717) is 0 Å². The molecule has 1 aliphatic heterocycles. The molecule has 2 rings (SSSR count). The fourth-order valence-corrected chi connectivity index (χ4v) is 3.09. The smallest absolute Gasteiger partial charge is 0.317 e. The predicted octanol–water partition coefficient (Wildman–Crippen LogP) is 3.00. The third-order valence-electron chi connectivity index (χ3n) is 4.60. The molecular formula is C17H31N3O. The first kappa shape index (κ1) is 16.3. The molecule has 0 atom stereocenters. The summed E-state index contributed by atoms with van der Waals surface area (Å²) in [4.78, 5) is 16.4. The zero-order valence-corrected chi connectivity index (χ0v) is 13.6. The van der Waals surface area contributed by atoms with Crippen LogP contribution in [0.4, 0.5) is 4.79 Å². The summed E-state index contributed by atoms with van der Waals surface area (Å²) in [7, 11) is 0. The number of hydrogen-bond donors (Lipinski definition) is 1. The normalized spacial score (nSPS) is 20.2. The van der Waals surface area contributed by atoms with E-state index >= 15 is 0 Å². The van der Waals surface area contributed by atoms with Crippen molar-refractivity contribution < 1.29 is 4.79 Å². The second-order valence-electron chi connectivity index (χ2n) is 6.27. The number of hydrogen-bond acceptors (Lipinski definition) is 2. The highest BCUT2D eigenvalue weighted by Crippen LogP contribution is 2.20. The first-order valence-electron chi connectivity index (χ1n) is 8.72. The molecule has 21 heavy (non-hydrogen) atoms. The van der Waals surface area contributed by atoms with Crippen molar-refractivity contribution in [2.45, 2.75) is 51.9 Å². The van der Waals surface area contributed by atoms with Gasteiger partial charge in [0.05, 0.1) is 0 Å². The fraction of sp³-hybridized carbons (Fsp3) is 0.824. The molecule has 0 spiro atoms. The number of nitrogens with one attached hydrogen (secondary N) is 1. The maximum atomic E-state index is 12.0. The van der Waals surface area contributed by atoms with E-state index < -0.39 is 0 Å². The number of piperazine rings is 1. The molecule has 0 aromatic heterocycles. The zero-order chi connectivity index (χ0) is 14.9. The standard InChI is InChI=1S/C17H31N3O/c1-2-3-10-18-17(21)20-14-12-19(13-15-20)11-9-16-7-5-4-6-8-16/h7H,2-6,8-15H2,1H3,(H,18,21). The van der Waals surface area contributed by atoms with Crippen LogP contribution >= 0.6 is 0 Å². The van der Waals surface area contributed by atoms with Crippen LogP contribution in [0.1, 0.15) is 51.9 Å². The average Bonchev–Trinajstić information content (AvgIpc) is 2.54. The number of allylic oxidation sites excluding steroid dienone is 1. The molecule has 2 amide bonds. The highest BCUT2D eigenvalue weighted by Gasteiger charge is 2.20. The lowest BCUT2D eigenvalue weighted by molar-refractivity contribution is 0.140. The lowest BCUT2D eigenvalue weighted by Gasteiger charge is -2.35. The van der Waals surface area contributed by atoms with E-state index in [0.717, 1.165) is 52.1 Å². The van der Waals surface area contributed by atoms with Crippen LogP contribution in [0.5, 0.6) is 0 Å². The summed E-state index contributed by atoms with van der Waals surface area (Å²) < 4.78 is 0. The van der Waals surface area contributed by atoms with Gasteiger partial charge in [0.25, 0.3) is 0 Å². The second kappa shape index (κ2) is 9.08. The number of carbonyl (C=O) groups is 1. The van der Waals surface area contributed by atoms with E-state index in [2.05, 4.69) is 23.2 Å². The minimum Gasteiger partial charge on any atom is -0.338 e. The van der Waals surface area contributed by atoms with Crippen molar-refractivity contribution in [3.63, 3.8) is 0 Å². The Bertz CT molecular complexity index is 346. The summed E-state index contributed by atoms with van der Waals surface area (Å²) in [6, 6.07) is 0.123. The third-order valence-corrected chi connectivity index (χ3v) is 4.60. The van der Waals surface area contributed by atoms with Gasteiger partial charge in [0, 0.05) is 39.3 Å². The van der Waals surface area contributed by atoms with Crippen molar-refractivity contribution in [3.05, 3.63) is 11.6 Å². The van der Waals surface area contributed by atoms with E-state index in [1.807, 2.05) is 4.90 Å². The quantitative estimate of drug-likeness (QED) is 0.603. The minimum absolute atomic E-state index is 0.123. The molecule has 1 aliphatic carbocycles. The van der Waals surface area contributed by atoms with Gasteiger partial charge in [-0.1, -0.05) is 25.0 Å². The van der Waals surface area contributed by atoms with Crippen LogP contribution in [0.15, 0.2) is 11.6 Å². The summed E-state index contributed by atoms with van der Waals surface area (Å²) in [5.41, 5.74) is 1.65. The van der Waals surface area contributed by atoms with Crippen LogP contribution in [0, 0.1) is 0 Å². The Morgan fingerprint density at radius 3 is 2.71 bits per heavy atom. The number of unbranched alkanes of at least 4 members (excludes halogenated alkanes) is 1. The van der Waals surface area contributed by atoms with Gasteiger partial charge in [0.15, 0.2) is 0 Å². The van der Waals surface area contributed by atoms with E-state index in [-0.39, 0.29) is 6.03 Å². The summed E-state index contributed by atoms with van der Waals surface area (Å²) >= 11 is 0. The summed E-state index contributed by atoms with van der Waals surface area (Å²) in [6.07, 6.45) is 11.2. The number of carbonyl (C=O) groups excluding carboxylic acids is 1. The van der Waals surface area contributed by atoms with Gasteiger partial charge in [0.1, 0.15) is 0 Å². The van der Waals surface area contributed by atoms with Gasteiger partial charge in [-0.2, -0.15) is 0 Å². The number of rotatable bonds is 6. The van der Waals surface area contributed by atoms with Crippen molar-refractivity contribution in [2.24, 2.45) is 0 Å². The lowest BCUT2D eigenvalue weighted by Crippen LogP contribution is -2.52. The second-order valence-corrected chi connectivity index (χ2v) is 6.27. The first-order chi connectivity index (χ1) is 10.3. The van der Waals surface area contributed by atoms with Crippen LogP contribution in [0.25, 0.3) is 0 Å². The Labute approximate surface area is 129 Å². The summed E-state index contributed by atoms with van der Waals surface area (Å²) in [5, 5.41) is 3.01. The Balaban J connectivity index is 1.61. The molecule has 1 saturated heterocycles. The Hall–Kier alpha value is -1.03. The summed E-state index contributed by atoms with van der Waals surface area (Å²) in [6.45, 7) is 7.91. The Morgan fingerprint density at radius 1 is 1.24 bits per heavy atom. The average molecular weight is 293 g/mol. The summed E-state index contributed by atoms with van der Waals surface area (Å²) in [5.74, 6) is 0. The van der Waals surface area contributed by atoms with Gasteiger partial charge in [-0.25, -0.2) is 4.79 Å². The SMILES string of the molecule is CCCCNC(=O)N1CCN(CCC2=CCCCC2)CC1. The lowest BCUT2D eigenvalue weighted by atomic mass is 9.97. The molecule has 120 valence electrons. The molecule has 4 heteroatoms. The zero-order valence-electron chi connectivity index (χ0n) is 13.6. The molecule has 1 fully saturated rings. The minimum atomic E-state index is 0.123. The van der Waals surface area contributed by atoms with E-state index in [9.17, 15) is 4.79 Å². The fourth-order valence-electron chi connectivity index (χ4n) is 3.09.